The van der Waals surface area contributed by atoms with E-state index in [9.17, 15) is 14.4 Å². The number of carbonyl (C=O) groups is 3. The number of hydrazine groups is 1. The van der Waals surface area contributed by atoms with Gasteiger partial charge in [0.2, 0.25) is 5.75 Å². The monoisotopic (exact) mass is 382 g/mol. The number of amides is 2. The van der Waals surface area contributed by atoms with Crippen molar-refractivity contribution in [1.82, 2.24) is 5.43 Å². The lowest BCUT2D eigenvalue weighted by atomic mass is 10.1. The molecule has 1 saturated heterocycles. The third-order valence-electron chi connectivity index (χ3n) is 3.95. The van der Waals surface area contributed by atoms with Crippen LogP contribution < -0.4 is 24.6 Å². The largest absolute Gasteiger partial charge is 0.493 e. The molecule has 28 heavy (non-hydrogen) atoms. The van der Waals surface area contributed by atoms with Crippen LogP contribution in [0.15, 0.2) is 48.0 Å². The fourth-order valence-corrected chi connectivity index (χ4v) is 2.71. The molecule has 0 radical (unpaired) electrons. The molecular weight excluding hydrogens is 364 g/mol. The van der Waals surface area contributed by atoms with Gasteiger partial charge in [0.15, 0.2) is 11.5 Å². The number of hydrogen-bond donors (Lipinski definition) is 1. The van der Waals surface area contributed by atoms with Crippen LogP contribution in [0.25, 0.3) is 6.08 Å². The molecule has 1 fully saturated rings. The average molecular weight is 382 g/mol. The first-order chi connectivity index (χ1) is 13.4. The minimum Gasteiger partial charge on any atom is -0.493 e. The molecule has 2 amide bonds. The molecule has 1 N–H and O–H groups in total. The zero-order valence-corrected chi connectivity index (χ0v) is 15.5. The van der Waals surface area contributed by atoms with E-state index in [1.165, 1.54) is 32.2 Å². The first kappa shape index (κ1) is 19.0. The molecular formula is C20H18N2O6. The van der Waals surface area contributed by atoms with Crippen molar-refractivity contribution < 1.29 is 28.6 Å². The number of nitrogens with one attached hydrogen (secondary N) is 1. The lowest BCUT2D eigenvalue weighted by Crippen LogP contribution is -2.35. The average Bonchev–Trinajstić information content (AvgIpc) is 2.97. The van der Waals surface area contributed by atoms with E-state index >= 15 is 0 Å². The van der Waals surface area contributed by atoms with E-state index in [2.05, 4.69) is 5.43 Å². The van der Waals surface area contributed by atoms with Gasteiger partial charge in [-0.05, 0) is 35.9 Å². The summed E-state index contributed by atoms with van der Waals surface area (Å²) in [5.74, 6) is -0.979. The predicted molar refractivity (Wildman–Crippen MR) is 101 cm³/mol. The molecule has 2 aromatic carbocycles. The van der Waals surface area contributed by atoms with Crippen LogP contribution in [-0.4, -0.2) is 32.0 Å². The van der Waals surface area contributed by atoms with E-state index in [0.29, 0.717) is 11.3 Å². The SMILES string of the molecule is COc1cc(C=C2C(=O)NN(c3ccccc3)C2=O)cc(OC)c1OC(C)=O. The first-order valence-corrected chi connectivity index (χ1v) is 8.31. The molecule has 1 aliphatic rings. The van der Waals surface area contributed by atoms with Gasteiger partial charge in [0, 0.05) is 6.92 Å². The van der Waals surface area contributed by atoms with Crippen molar-refractivity contribution in [3.8, 4) is 17.2 Å². The number of benzene rings is 2. The van der Waals surface area contributed by atoms with Crippen molar-refractivity contribution in [3.63, 3.8) is 0 Å². The maximum Gasteiger partial charge on any atom is 0.308 e. The molecule has 1 aliphatic heterocycles. The van der Waals surface area contributed by atoms with Gasteiger partial charge in [-0.1, -0.05) is 18.2 Å². The molecule has 2 aromatic rings. The van der Waals surface area contributed by atoms with E-state index in [4.69, 9.17) is 14.2 Å². The van der Waals surface area contributed by atoms with Crippen LogP contribution in [0.2, 0.25) is 0 Å². The van der Waals surface area contributed by atoms with Crippen molar-refractivity contribution in [1.29, 1.82) is 0 Å². The summed E-state index contributed by atoms with van der Waals surface area (Å²) in [6.45, 7) is 1.26. The molecule has 0 saturated carbocycles. The molecule has 0 bridgehead atoms. The summed E-state index contributed by atoms with van der Waals surface area (Å²) in [5, 5.41) is 1.18. The number of rotatable bonds is 5. The summed E-state index contributed by atoms with van der Waals surface area (Å²) in [7, 11) is 2.81. The molecule has 3 rings (SSSR count). The molecule has 1 heterocycles. The summed E-state index contributed by atoms with van der Waals surface area (Å²) in [4.78, 5) is 36.3. The predicted octanol–water partition coefficient (Wildman–Crippen LogP) is 2.09. The molecule has 8 nitrogen and oxygen atoms in total. The molecule has 0 aromatic heterocycles. The van der Waals surface area contributed by atoms with Crippen molar-refractivity contribution >= 4 is 29.5 Å². The van der Waals surface area contributed by atoms with Crippen LogP contribution in [0.4, 0.5) is 5.69 Å². The summed E-state index contributed by atoms with van der Waals surface area (Å²) in [6.07, 6.45) is 1.42. The topological polar surface area (TPSA) is 94.2 Å². The fourth-order valence-electron chi connectivity index (χ4n) is 2.71. The minimum atomic E-state index is -0.536. The number of nitrogens with zero attached hydrogens (tertiary/aromatic N) is 1. The van der Waals surface area contributed by atoms with Crippen molar-refractivity contribution in [2.45, 2.75) is 6.92 Å². The Bertz CT molecular complexity index is 943. The second-order valence-electron chi connectivity index (χ2n) is 5.82. The number of methoxy groups -OCH3 is 2. The highest BCUT2D eigenvalue weighted by molar-refractivity contribution is 6.31. The lowest BCUT2D eigenvalue weighted by Gasteiger charge is -2.14. The van der Waals surface area contributed by atoms with Crippen LogP contribution in [0.5, 0.6) is 17.2 Å². The number of carbonyl (C=O) groups excluding carboxylic acids is 3. The lowest BCUT2D eigenvalue weighted by molar-refractivity contribution is -0.132. The van der Waals surface area contributed by atoms with Crippen LogP contribution in [-0.2, 0) is 14.4 Å². The molecule has 0 unspecified atom stereocenters. The van der Waals surface area contributed by atoms with Gasteiger partial charge in [0.1, 0.15) is 5.57 Å². The van der Waals surface area contributed by atoms with Crippen molar-refractivity contribution in [3.05, 3.63) is 53.6 Å². The Kier molecular flexibility index (Phi) is 5.30. The molecule has 0 atom stereocenters. The van der Waals surface area contributed by atoms with E-state index in [1.807, 2.05) is 6.07 Å². The number of ether oxygens (including phenoxy) is 3. The molecule has 144 valence electrons. The summed E-state index contributed by atoms with van der Waals surface area (Å²) in [6, 6.07) is 11.8. The van der Waals surface area contributed by atoms with E-state index in [0.717, 1.165) is 0 Å². The standard InChI is InChI=1S/C20H18N2O6/c1-12(23)28-18-16(26-2)10-13(11-17(18)27-3)9-15-19(24)21-22(20(15)25)14-7-5-4-6-8-14/h4-11H,1-3H3,(H,21,24). The maximum atomic E-state index is 12.7. The Morgan fingerprint density at radius 1 is 1.04 bits per heavy atom. The first-order valence-electron chi connectivity index (χ1n) is 8.31. The highest BCUT2D eigenvalue weighted by atomic mass is 16.6. The zero-order valence-electron chi connectivity index (χ0n) is 15.5. The Balaban J connectivity index is 2.00. The van der Waals surface area contributed by atoms with E-state index in [-0.39, 0.29) is 22.8 Å². The second-order valence-corrected chi connectivity index (χ2v) is 5.82. The van der Waals surface area contributed by atoms with Gasteiger partial charge in [0.25, 0.3) is 11.8 Å². The van der Waals surface area contributed by atoms with Gasteiger partial charge in [-0.25, -0.2) is 5.01 Å². The van der Waals surface area contributed by atoms with Crippen LogP contribution in [0, 0.1) is 0 Å². The quantitative estimate of drug-likeness (QED) is 0.368. The van der Waals surface area contributed by atoms with Crippen LogP contribution >= 0.6 is 0 Å². The maximum absolute atomic E-state index is 12.7. The highest BCUT2D eigenvalue weighted by Gasteiger charge is 2.34. The Labute approximate surface area is 161 Å². The van der Waals surface area contributed by atoms with Gasteiger partial charge in [0.05, 0.1) is 19.9 Å². The summed E-state index contributed by atoms with van der Waals surface area (Å²) < 4.78 is 15.6. The van der Waals surface area contributed by atoms with Gasteiger partial charge in [-0.2, -0.15) is 0 Å². The summed E-state index contributed by atoms with van der Waals surface area (Å²) >= 11 is 0. The summed E-state index contributed by atoms with van der Waals surface area (Å²) in [5.41, 5.74) is 3.50. The zero-order chi connectivity index (χ0) is 20.3. The van der Waals surface area contributed by atoms with E-state index < -0.39 is 17.8 Å². The van der Waals surface area contributed by atoms with Crippen molar-refractivity contribution in [2.24, 2.45) is 0 Å². The third kappa shape index (κ3) is 3.66. The third-order valence-corrected chi connectivity index (χ3v) is 3.95. The van der Waals surface area contributed by atoms with Crippen LogP contribution in [0.1, 0.15) is 12.5 Å². The van der Waals surface area contributed by atoms with Gasteiger partial charge in [-0.15, -0.1) is 0 Å². The van der Waals surface area contributed by atoms with Crippen molar-refractivity contribution in [2.75, 3.05) is 19.2 Å². The van der Waals surface area contributed by atoms with Gasteiger partial charge < -0.3 is 14.2 Å². The van der Waals surface area contributed by atoms with Gasteiger partial charge >= 0.3 is 5.97 Å². The fraction of sp³-hybridized carbons (Fsp3) is 0.150. The molecule has 0 spiro atoms. The minimum absolute atomic E-state index is 0.0480. The Morgan fingerprint density at radius 2 is 1.64 bits per heavy atom. The normalized spacial score (nSPS) is 14.8. The highest BCUT2D eigenvalue weighted by Crippen LogP contribution is 2.39. The number of hydrogen-bond acceptors (Lipinski definition) is 6. The molecule has 8 heteroatoms. The number of para-hydroxylation sites is 1. The number of anilines is 1. The second kappa shape index (κ2) is 7.83. The number of esters is 1. The Morgan fingerprint density at radius 3 is 2.18 bits per heavy atom. The Hall–Kier alpha value is -3.81. The van der Waals surface area contributed by atoms with Gasteiger partial charge in [-0.3, -0.25) is 19.8 Å². The molecule has 0 aliphatic carbocycles. The van der Waals surface area contributed by atoms with E-state index in [1.54, 1.807) is 36.4 Å². The van der Waals surface area contributed by atoms with Crippen LogP contribution in [0.3, 0.4) is 0 Å². The smallest absolute Gasteiger partial charge is 0.308 e.